The monoisotopic (exact) mass is 273 g/mol. The highest BCUT2D eigenvalue weighted by molar-refractivity contribution is 5.72. The van der Waals surface area contributed by atoms with E-state index in [-0.39, 0.29) is 6.04 Å². The number of hydrogen-bond donors (Lipinski definition) is 2. The molecule has 2 unspecified atom stereocenters. The summed E-state index contributed by atoms with van der Waals surface area (Å²) in [4.78, 5) is 15.7. The maximum atomic E-state index is 11.4. The lowest BCUT2D eigenvalue weighted by molar-refractivity contribution is -0.142. The van der Waals surface area contributed by atoms with Crippen LogP contribution in [0.25, 0.3) is 0 Å². The Kier molecular flexibility index (Phi) is 4.57. The van der Waals surface area contributed by atoms with Crippen LogP contribution >= 0.6 is 0 Å². The number of carbonyl (C=O) groups is 1. The fourth-order valence-electron chi connectivity index (χ4n) is 2.71. The van der Waals surface area contributed by atoms with Crippen LogP contribution in [0.5, 0.6) is 0 Å². The zero-order chi connectivity index (χ0) is 14.5. The number of nitrogens with zero attached hydrogens (tertiary/aromatic N) is 2. The highest BCUT2D eigenvalue weighted by Gasteiger charge is 2.30. The van der Waals surface area contributed by atoms with Gasteiger partial charge in [-0.2, -0.15) is 5.26 Å². The van der Waals surface area contributed by atoms with Crippen LogP contribution in [0.15, 0.2) is 12.1 Å². The standard InChI is InChI=1S/C15H19N3O2/c1-10-7-8-11(9-16)14(17-10)18-13-6-4-2-3-5-12(13)15(19)20/h7-8,12-13H,2-6H2,1H3,(H,17,18)(H,19,20). The predicted octanol–water partition coefficient (Wildman–Crippen LogP) is 2.71. The Bertz CT molecular complexity index is 536. The summed E-state index contributed by atoms with van der Waals surface area (Å²) >= 11 is 0. The van der Waals surface area contributed by atoms with E-state index in [1.165, 1.54) is 0 Å². The Morgan fingerprint density at radius 1 is 1.40 bits per heavy atom. The van der Waals surface area contributed by atoms with Gasteiger partial charge >= 0.3 is 5.97 Å². The van der Waals surface area contributed by atoms with Crippen LogP contribution in [0.2, 0.25) is 0 Å². The lowest BCUT2D eigenvalue weighted by Gasteiger charge is -2.24. The molecule has 20 heavy (non-hydrogen) atoms. The highest BCUT2D eigenvalue weighted by atomic mass is 16.4. The number of nitrogens with one attached hydrogen (secondary N) is 1. The van der Waals surface area contributed by atoms with Crippen LogP contribution in [0.3, 0.4) is 0 Å². The molecule has 2 atom stereocenters. The molecule has 1 aromatic rings. The number of hydrogen-bond acceptors (Lipinski definition) is 4. The molecule has 1 aliphatic carbocycles. The lowest BCUT2D eigenvalue weighted by Crippen LogP contribution is -2.34. The molecule has 5 heteroatoms. The lowest BCUT2D eigenvalue weighted by atomic mass is 9.94. The Morgan fingerprint density at radius 2 is 2.15 bits per heavy atom. The SMILES string of the molecule is Cc1ccc(C#N)c(NC2CCCCCC2C(=O)O)n1. The largest absolute Gasteiger partial charge is 0.481 e. The van der Waals surface area contributed by atoms with Crippen molar-refractivity contribution >= 4 is 11.8 Å². The normalized spacial score (nSPS) is 22.6. The summed E-state index contributed by atoms with van der Waals surface area (Å²) in [5.74, 6) is -0.674. The molecule has 5 nitrogen and oxygen atoms in total. The molecule has 1 heterocycles. The van der Waals surface area contributed by atoms with Gasteiger partial charge in [-0.05, 0) is 31.9 Å². The number of aromatic nitrogens is 1. The first-order valence-electron chi connectivity index (χ1n) is 6.99. The van der Waals surface area contributed by atoms with Gasteiger partial charge in [0.15, 0.2) is 0 Å². The average Bonchev–Trinajstić information content (AvgIpc) is 2.64. The molecule has 0 aliphatic heterocycles. The Morgan fingerprint density at radius 3 is 2.85 bits per heavy atom. The van der Waals surface area contributed by atoms with E-state index >= 15 is 0 Å². The molecule has 1 aromatic heterocycles. The zero-order valence-electron chi connectivity index (χ0n) is 11.6. The van der Waals surface area contributed by atoms with Crippen molar-refractivity contribution in [2.45, 2.75) is 45.1 Å². The van der Waals surface area contributed by atoms with Crippen LogP contribution in [0.1, 0.15) is 43.4 Å². The second-order valence-electron chi connectivity index (χ2n) is 5.29. The van der Waals surface area contributed by atoms with E-state index in [2.05, 4.69) is 16.4 Å². The quantitative estimate of drug-likeness (QED) is 0.827. The predicted molar refractivity (Wildman–Crippen MR) is 75.3 cm³/mol. The third-order valence-corrected chi connectivity index (χ3v) is 3.81. The number of rotatable bonds is 3. The number of pyridine rings is 1. The van der Waals surface area contributed by atoms with Crippen molar-refractivity contribution in [1.29, 1.82) is 5.26 Å². The molecule has 1 aliphatic rings. The summed E-state index contributed by atoms with van der Waals surface area (Å²) < 4.78 is 0. The molecule has 2 rings (SSSR count). The number of anilines is 1. The summed E-state index contributed by atoms with van der Waals surface area (Å²) in [5.41, 5.74) is 1.27. The molecular weight excluding hydrogens is 254 g/mol. The van der Waals surface area contributed by atoms with Gasteiger partial charge < -0.3 is 10.4 Å². The van der Waals surface area contributed by atoms with E-state index in [9.17, 15) is 9.90 Å². The first-order valence-corrected chi connectivity index (χ1v) is 6.99. The second-order valence-corrected chi connectivity index (χ2v) is 5.29. The maximum absolute atomic E-state index is 11.4. The molecule has 0 aromatic carbocycles. The van der Waals surface area contributed by atoms with E-state index < -0.39 is 11.9 Å². The van der Waals surface area contributed by atoms with E-state index in [0.29, 0.717) is 17.8 Å². The summed E-state index contributed by atoms with van der Waals surface area (Å²) in [6, 6.07) is 5.45. The molecule has 0 saturated heterocycles. The molecular formula is C15H19N3O2. The first-order chi connectivity index (χ1) is 9.61. The van der Waals surface area contributed by atoms with E-state index in [1.807, 2.05) is 6.92 Å². The maximum Gasteiger partial charge on any atom is 0.308 e. The Labute approximate surface area is 118 Å². The number of carboxylic acids is 1. The van der Waals surface area contributed by atoms with Gasteiger partial charge in [-0.15, -0.1) is 0 Å². The van der Waals surface area contributed by atoms with Crippen molar-refractivity contribution < 1.29 is 9.90 Å². The van der Waals surface area contributed by atoms with Gasteiger partial charge in [0.2, 0.25) is 0 Å². The highest BCUT2D eigenvalue weighted by Crippen LogP contribution is 2.27. The van der Waals surface area contributed by atoms with Gasteiger partial charge in [-0.25, -0.2) is 4.98 Å². The molecule has 0 radical (unpaired) electrons. The third-order valence-electron chi connectivity index (χ3n) is 3.81. The first kappa shape index (κ1) is 14.3. The van der Waals surface area contributed by atoms with Crippen LogP contribution in [-0.4, -0.2) is 22.1 Å². The second kappa shape index (κ2) is 6.38. The van der Waals surface area contributed by atoms with Crippen molar-refractivity contribution in [3.05, 3.63) is 23.4 Å². The summed E-state index contributed by atoms with van der Waals surface area (Å²) in [5, 5.41) is 21.7. The molecule has 0 bridgehead atoms. The minimum Gasteiger partial charge on any atom is -0.481 e. The van der Waals surface area contributed by atoms with E-state index in [4.69, 9.17) is 5.26 Å². The average molecular weight is 273 g/mol. The fourth-order valence-corrected chi connectivity index (χ4v) is 2.71. The number of aryl methyl sites for hydroxylation is 1. The summed E-state index contributed by atoms with van der Waals surface area (Å²) in [6.45, 7) is 1.86. The smallest absolute Gasteiger partial charge is 0.308 e. The van der Waals surface area contributed by atoms with Gasteiger partial charge in [0.25, 0.3) is 0 Å². The Hall–Kier alpha value is -2.09. The minimum atomic E-state index is -0.768. The third kappa shape index (κ3) is 3.27. The Balaban J connectivity index is 2.24. The van der Waals surface area contributed by atoms with Crippen molar-refractivity contribution in [2.24, 2.45) is 5.92 Å². The number of nitriles is 1. The minimum absolute atomic E-state index is 0.156. The van der Waals surface area contributed by atoms with Crippen molar-refractivity contribution in [3.63, 3.8) is 0 Å². The van der Waals surface area contributed by atoms with Gasteiger partial charge in [-0.3, -0.25) is 4.79 Å². The summed E-state index contributed by atoms with van der Waals surface area (Å²) in [6.07, 6.45) is 4.50. The molecule has 1 fully saturated rings. The van der Waals surface area contributed by atoms with Gasteiger partial charge in [0, 0.05) is 11.7 Å². The van der Waals surface area contributed by atoms with Gasteiger partial charge in [0.1, 0.15) is 11.9 Å². The van der Waals surface area contributed by atoms with Crippen LogP contribution < -0.4 is 5.32 Å². The van der Waals surface area contributed by atoms with Crippen molar-refractivity contribution in [2.75, 3.05) is 5.32 Å². The number of carboxylic acid groups (broad SMARTS) is 1. The fraction of sp³-hybridized carbons (Fsp3) is 0.533. The molecule has 106 valence electrons. The summed E-state index contributed by atoms with van der Waals surface area (Å²) in [7, 11) is 0. The zero-order valence-corrected chi connectivity index (χ0v) is 11.6. The van der Waals surface area contributed by atoms with Gasteiger partial charge in [0.05, 0.1) is 11.5 Å². The van der Waals surface area contributed by atoms with Gasteiger partial charge in [-0.1, -0.05) is 19.3 Å². The van der Waals surface area contributed by atoms with Crippen LogP contribution in [0, 0.1) is 24.2 Å². The molecule has 2 N–H and O–H groups in total. The van der Waals surface area contributed by atoms with Crippen molar-refractivity contribution in [3.8, 4) is 6.07 Å². The van der Waals surface area contributed by atoms with Crippen molar-refractivity contribution in [1.82, 2.24) is 4.98 Å². The molecule has 0 spiro atoms. The topological polar surface area (TPSA) is 86.0 Å². The van der Waals surface area contributed by atoms with Crippen LogP contribution in [-0.2, 0) is 4.79 Å². The van der Waals surface area contributed by atoms with E-state index in [0.717, 1.165) is 31.4 Å². The van der Waals surface area contributed by atoms with Crippen LogP contribution in [0.4, 0.5) is 5.82 Å². The van der Waals surface area contributed by atoms with E-state index in [1.54, 1.807) is 12.1 Å². The molecule has 0 amide bonds. The molecule has 1 saturated carbocycles. The number of aliphatic carboxylic acids is 1.